The molecule has 0 spiro atoms. The van der Waals surface area contributed by atoms with E-state index < -0.39 is 0 Å². The average Bonchev–Trinajstić information content (AvgIpc) is 3.17. The number of amides is 2. The van der Waals surface area contributed by atoms with E-state index in [4.69, 9.17) is 9.15 Å². The molecule has 2 amide bonds. The molecule has 0 N–H and O–H groups in total. The van der Waals surface area contributed by atoms with Crippen molar-refractivity contribution in [3.63, 3.8) is 0 Å². The first kappa shape index (κ1) is 19.5. The molecule has 28 heavy (non-hydrogen) atoms. The third kappa shape index (κ3) is 4.12. The SMILES string of the molecule is Cc1occc1C(=O)N1CC[C@@H]2[C@@H](CCCN2C(=O)COC2CCCCC2)C1. The van der Waals surface area contributed by atoms with Crippen molar-refractivity contribution in [2.45, 2.75) is 70.4 Å². The molecule has 3 heterocycles. The minimum Gasteiger partial charge on any atom is -0.469 e. The number of rotatable bonds is 4. The average molecular weight is 389 g/mol. The summed E-state index contributed by atoms with van der Waals surface area (Å²) < 4.78 is 11.2. The van der Waals surface area contributed by atoms with Crippen LogP contribution in [0.4, 0.5) is 0 Å². The van der Waals surface area contributed by atoms with Gasteiger partial charge in [0, 0.05) is 25.7 Å². The van der Waals surface area contributed by atoms with Crippen LogP contribution in [0.5, 0.6) is 0 Å². The Balaban J connectivity index is 1.33. The van der Waals surface area contributed by atoms with E-state index in [0.717, 1.165) is 45.2 Å². The van der Waals surface area contributed by atoms with Crippen molar-refractivity contribution in [2.75, 3.05) is 26.2 Å². The lowest BCUT2D eigenvalue weighted by atomic mass is 9.83. The van der Waals surface area contributed by atoms with Crippen molar-refractivity contribution in [3.05, 3.63) is 23.7 Å². The van der Waals surface area contributed by atoms with Crippen LogP contribution in [0.3, 0.4) is 0 Å². The third-order valence-electron chi connectivity index (χ3n) is 6.76. The molecule has 0 bridgehead atoms. The zero-order valence-electron chi connectivity index (χ0n) is 16.9. The van der Waals surface area contributed by atoms with Gasteiger partial charge in [-0.3, -0.25) is 9.59 Å². The Labute approximate surface area is 167 Å². The minimum absolute atomic E-state index is 0.0498. The number of furan rings is 1. The zero-order chi connectivity index (χ0) is 19.5. The standard InChI is InChI=1S/C22H32N2O4/c1-16-19(10-13-27-16)22(26)23-12-9-20-17(14-23)6-5-11-24(20)21(25)15-28-18-7-3-2-4-8-18/h10,13,17-18,20H,2-9,11-12,14-15H2,1H3/t17-,20+/m0/s1. The number of likely N-dealkylation sites (tertiary alicyclic amines) is 2. The van der Waals surface area contributed by atoms with Crippen LogP contribution < -0.4 is 0 Å². The summed E-state index contributed by atoms with van der Waals surface area (Å²) in [6.07, 6.45) is 10.7. The van der Waals surface area contributed by atoms with E-state index in [-0.39, 0.29) is 30.6 Å². The van der Waals surface area contributed by atoms with Crippen LogP contribution in [0.15, 0.2) is 16.7 Å². The highest BCUT2D eigenvalue weighted by atomic mass is 16.5. The molecule has 6 nitrogen and oxygen atoms in total. The van der Waals surface area contributed by atoms with Gasteiger partial charge in [-0.1, -0.05) is 19.3 Å². The maximum Gasteiger partial charge on any atom is 0.257 e. The number of ether oxygens (including phenoxy) is 1. The van der Waals surface area contributed by atoms with Crippen LogP contribution in [0, 0.1) is 12.8 Å². The summed E-state index contributed by atoms with van der Waals surface area (Å²) in [5, 5.41) is 0. The maximum atomic E-state index is 12.9. The van der Waals surface area contributed by atoms with Crippen LogP contribution in [0.25, 0.3) is 0 Å². The van der Waals surface area contributed by atoms with E-state index in [1.807, 2.05) is 16.7 Å². The summed E-state index contributed by atoms with van der Waals surface area (Å²) in [5.41, 5.74) is 0.656. The Kier molecular flexibility index (Phi) is 6.04. The van der Waals surface area contributed by atoms with Gasteiger partial charge in [0.2, 0.25) is 5.91 Å². The molecule has 4 rings (SSSR count). The highest BCUT2D eigenvalue weighted by molar-refractivity contribution is 5.95. The summed E-state index contributed by atoms with van der Waals surface area (Å²) in [7, 11) is 0. The summed E-state index contributed by atoms with van der Waals surface area (Å²) in [4.78, 5) is 29.6. The summed E-state index contributed by atoms with van der Waals surface area (Å²) >= 11 is 0. The topological polar surface area (TPSA) is 63.0 Å². The number of hydrogen-bond acceptors (Lipinski definition) is 4. The van der Waals surface area contributed by atoms with Gasteiger partial charge in [0.15, 0.2) is 0 Å². The third-order valence-corrected chi connectivity index (χ3v) is 6.76. The van der Waals surface area contributed by atoms with Gasteiger partial charge in [0.25, 0.3) is 5.91 Å². The smallest absolute Gasteiger partial charge is 0.257 e. The lowest BCUT2D eigenvalue weighted by Gasteiger charge is -2.47. The molecule has 2 aliphatic heterocycles. The molecular weight excluding hydrogens is 356 g/mol. The molecule has 0 radical (unpaired) electrons. The second kappa shape index (κ2) is 8.68. The normalized spacial score (nSPS) is 26.2. The number of hydrogen-bond donors (Lipinski definition) is 0. The van der Waals surface area contributed by atoms with Crippen LogP contribution in [-0.4, -0.2) is 60.0 Å². The second-order valence-electron chi connectivity index (χ2n) is 8.56. The maximum absolute atomic E-state index is 12.9. The van der Waals surface area contributed by atoms with E-state index >= 15 is 0 Å². The summed E-state index contributed by atoms with van der Waals surface area (Å²) in [6, 6.07) is 1.99. The van der Waals surface area contributed by atoms with Gasteiger partial charge in [-0.05, 0) is 51.0 Å². The van der Waals surface area contributed by atoms with Gasteiger partial charge in [0.05, 0.1) is 17.9 Å². The van der Waals surface area contributed by atoms with Gasteiger partial charge in [-0.25, -0.2) is 0 Å². The fourth-order valence-electron chi connectivity index (χ4n) is 5.18. The molecule has 3 fully saturated rings. The molecular formula is C22H32N2O4. The van der Waals surface area contributed by atoms with Crippen LogP contribution >= 0.6 is 0 Å². The summed E-state index contributed by atoms with van der Waals surface area (Å²) in [6.45, 7) is 4.28. The fraction of sp³-hybridized carbons (Fsp3) is 0.727. The first-order valence-corrected chi connectivity index (χ1v) is 10.9. The Hall–Kier alpha value is -1.82. The van der Waals surface area contributed by atoms with Crippen molar-refractivity contribution in [2.24, 2.45) is 5.92 Å². The number of nitrogens with zero attached hydrogens (tertiary/aromatic N) is 2. The van der Waals surface area contributed by atoms with Crippen molar-refractivity contribution in [1.29, 1.82) is 0 Å². The molecule has 1 aromatic rings. The van der Waals surface area contributed by atoms with E-state index in [9.17, 15) is 9.59 Å². The van der Waals surface area contributed by atoms with Crippen molar-refractivity contribution >= 4 is 11.8 Å². The van der Waals surface area contributed by atoms with Crippen LogP contribution in [0.1, 0.15) is 67.5 Å². The lowest BCUT2D eigenvalue weighted by Crippen LogP contribution is -2.57. The Morgan fingerprint density at radius 1 is 1.11 bits per heavy atom. The highest BCUT2D eigenvalue weighted by Gasteiger charge is 2.39. The molecule has 154 valence electrons. The van der Waals surface area contributed by atoms with Crippen LogP contribution in [-0.2, 0) is 9.53 Å². The number of carbonyl (C=O) groups excluding carboxylic acids is 2. The fourth-order valence-corrected chi connectivity index (χ4v) is 5.18. The van der Waals surface area contributed by atoms with Gasteiger partial charge < -0.3 is 19.0 Å². The first-order chi connectivity index (χ1) is 13.6. The zero-order valence-corrected chi connectivity index (χ0v) is 16.9. The minimum atomic E-state index is 0.0498. The van der Waals surface area contributed by atoms with Crippen molar-refractivity contribution in [3.8, 4) is 0 Å². The second-order valence-corrected chi connectivity index (χ2v) is 8.56. The number of fused-ring (bicyclic) bond motifs is 1. The quantitative estimate of drug-likeness (QED) is 0.793. The van der Waals surface area contributed by atoms with Gasteiger partial charge >= 0.3 is 0 Å². The Bertz CT molecular complexity index is 694. The van der Waals surface area contributed by atoms with Gasteiger partial charge in [-0.2, -0.15) is 0 Å². The largest absolute Gasteiger partial charge is 0.469 e. The molecule has 3 aliphatic rings. The monoisotopic (exact) mass is 388 g/mol. The Morgan fingerprint density at radius 2 is 1.93 bits per heavy atom. The summed E-state index contributed by atoms with van der Waals surface area (Å²) in [5.74, 6) is 1.21. The molecule has 1 aromatic heterocycles. The molecule has 1 aliphatic carbocycles. The van der Waals surface area contributed by atoms with Crippen molar-refractivity contribution in [1.82, 2.24) is 9.80 Å². The first-order valence-electron chi connectivity index (χ1n) is 10.9. The van der Waals surface area contributed by atoms with Crippen molar-refractivity contribution < 1.29 is 18.7 Å². The number of aryl methyl sites for hydroxylation is 1. The molecule has 1 saturated carbocycles. The van der Waals surface area contributed by atoms with E-state index in [2.05, 4.69) is 0 Å². The van der Waals surface area contributed by atoms with E-state index in [1.54, 1.807) is 12.3 Å². The molecule has 0 aromatic carbocycles. The Morgan fingerprint density at radius 3 is 2.68 bits per heavy atom. The van der Waals surface area contributed by atoms with E-state index in [1.165, 1.54) is 19.3 Å². The molecule has 2 atom stereocenters. The van der Waals surface area contributed by atoms with Gasteiger partial charge in [-0.15, -0.1) is 0 Å². The predicted octanol–water partition coefficient (Wildman–Crippen LogP) is 3.39. The number of carbonyl (C=O) groups is 2. The highest BCUT2D eigenvalue weighted by Crippen LogP contribution is 2.32. The lowest BCUT2D eigenvalue weighted by molar-refractivity contribution is -0.145. The van der Waals surface area contributed by atoms with Gasteiger partial charge in [0.1, 0.15) is 12.4 Å². The molecule has 6 heteroatoms. The van der Waals surface area contributed by atoms with E-state index in [0.29, 0.717) is 23.8 Å². The number of piperidine rings is 2. The van der Waals surface area contributed by atoms with Crippen LogP contribution in [0.2, 0.25) is 0 Å². The predicted molar refractivity (Wildman–Crippen MR) is 105 cm³/mol. The molecule has 2 saturated heterocycles. The molecule has 0 unspecified atom stereocenters.